The fourth-order valence-corrected chi connectivity index (χ4v) is 1.61. The van der Waals surface area contributed by atoms with E-state index in [1.165, 1.54) is 0 Å². The first-order chi connectivity index (χ1) is 9.23. The highest BCUT2D eigenvalue weighted by Gasteiger charge is 2.12. The normalized spacial score (nSPS) is 12.0. The summed E-state index contributed by atoms with van der Waals surface area (Å²) in [6.07, 6.45) is 1.99. The Morgan fingerprint density at radius 1 is 1.21 bits per heavy atom. The first-order valence-corrected chi connectivity index (χ1v) is 6.34. The second-order valence-corrected chi connectivity index (χ2v) is 3.93. The summed E-state index contributed by atoms with van der Waals surface area (Å²) in [7, 11) is 1.66. The predicted octanol–water partition coefficient (Wildman–Crippen LogP) is 0.783. The Balaban J connectivity index is 2.81. The van der Waals surface area contributed by atoms with E-state index >= 15 is 0 Å². The lowest BCUT2D eigenvalue weighted by Gasteiger charge is -2.17. The van der Waals surface area contributed by atoms with E-state index in [9.17, 15) is 0 Å². The molecule has 108 valence electrons. The topological polar surface area (TPSA) is 107 Å². The van der Waals surface area contributed by atoms with Crippen LogP contribution in [0.5, 0.6) is 6.01 Å². The molecule has 8 heteroatoms. The molecule has 0 aliphatic carbocycles. The van der Waals surface area contributed by atoms with E-state index in [4.69, 9.17) is 15.3 Å². The molecule has 8 nitrogen and oxygen atoms in total. The maximum Gasteiger partial charge on any atom is 0.323 e. The molecular formula is C11H22N6O2. The number of rotatable bonds is 9. The van der Waals surface area contributed by atoms with Crippen LogP contribution in [-0.2, 0) is 4.74 Å². The molecule has 1 unspecified atom stereocenters. The van der Waals surface area contributed by atoms with E-state index in [0.717, 1.165) is 12.8 Å². The summed E-state index contributed by atoms with van der Waals surface area (Å²) in [5.41, 5.74) is 2.39. The van der Waals surface area contributed by atoms with Crippen LogP contribution in [0.2, 0.25) is 0 Å². The number of nitrogens with one attached hydrogen (secondary N) is 2. The van der Waals surface area contributed by atoms with Gasteiger partial charge in [0.15, 0.2) is 0 Å². The molecule has 19 heavy (non-hydrogen) atoms. The summed E-state index contributed by atoms with van der Waals surface area (Å²) in [5, 5.41) is 3.19. The molecule has 1 atom stereocenters. The Bertz CT molecular complexity index is 370. The average Bonchev–Trinajstić information content (AvgIpc) is 2.39. The molecule has 0 fully saturated rings. The predicted molar refractivity (Wildman–Crippen MR) is 73.0 cm³/mol. The minimum absolute atomic E-state index is 0.137. The van der Waals surface area contributed by atoms with Crippen molar-refractivity contribution in [3.63, 3.8) is 0 Å². The minimum atomic E-state index is 0.137. The van der Waals surface area contributed by atoms with Crippen molar-refractivity contribution in [2.75, 3.05) is 31.1 Å². The lowest BCUT2D eigenvalue weighted by molar-refractivity contribution is 0.182. The lowest BCUT2D eigenvalue weighted by atomic mass is 10.2. The van der Waals surface area contributed by atoms with Crippen LogP contribution < -0.4 is 21.3 Å². The van der Waals surface area contributed by atoms with E-state index < -0.39 is 0 Å². The van der Waals surface area contributed by atoms with E-state index in [1.54, 1.807) is 7.11 Å². The van der Waals surface area contributed by atoms with E-state index in [2.05, 4.69) is 32.6 Å². The molecule has 0 aliphatic rings. The number of nitrogens with two attached hydrogens (primary N) is 1. The fraction of sp³-hybridized carbons (Fsp3) is 0.727. The Hall–Kier alpha value is -1.67. The number of hydrogen-bond acceptors (Lipinski definition) is 8. The maximum atomic E-state index is 5.32. The van der Waals surface area contributed by atoms with Crippen LogP contribution >= 0.6 is 0 Å². The maximum absolute atomic E-state index is 5.32. The molecule has 1 rings (SSSR count). The fourth-order valence-electron chi connectivity index (χ4n) is 1.61. The van der Waals surface area contributed by atoms with Crippen molar-refractivity contribution in [3.05, 3.63) is 0 Å². The minimum Gasteiger partial charge on any atom is -0.464 e. The van der Waals surface area contributed by atoms with Crippen LogP contribution in [0.25, 0.3) is 0 Å². The van der Waals surface area contributed by atoms with Crippen molar-refractivity contribution >= 4 is 11.9 Å². The number of hydrazine groups is 1. The first kappa shape index (κ1) is 15.4. The van der Waals surface area contributed by atoms with E-state index in [0.29, 0.717) is 19.2 Å². The third-order valence-electron chi connectivity index (χ3n) is 2.36. The largest absolute Gasteiger partial charge is 0.464 e. The highest BCUT2D eigenvalue weighted by atomic mass is 16.5. The second-order valence-electron chi connectivity index (χ2n) is 3.93. The number of methoxy groups -OCH3 is 1. The summed E-state index contributed by atoms with van der Waals surface area (Å²) >= 11 is 0. The number of nitrogens with zero attached hydrogens (tertiary/aromatic N) is 3. The number of ether oxygens (including phenoxy) is 2. The number of anilines is 2. The zero-order chi connectivity index (χ0) is 14.1. The van der Waals surface area contributed by atoms with Crippen molar-refractivity contribution in [1.29, 1.82) is 0 Å². The summed E-state index contributed by atoms with van der Waals surface area (Å²) in [6, 6.07) is 0.373. The molecule has 0 spiro atoms. The van der Waals surface area contributed by atoms with Gasteiger partial charge in [0, 0.05) is 7.11 Å². The zero-order valence-electron chi connectivity index (χ0n) is 11.6. The van der Waals surface area contributed by atoms with Gasteiger partial charge in [-0.3, -0.25) is 5.43 Å². The Kier molecular flexibility index (Phi) is 6.83. The smallest absolute Gasteiger partial charge is 0.323 e. The Morgan fingerprint density at radius 3 is 2.53 bits per heavy atom. The molecule has 1 aromatic rings. The van der Waals surface area contributed by atoms with Gasteiger partial charge in [0.2, 0.25) is 11.9 Å². The molecule has 4 N–H and O–H groups in total. The zero-order valence-corrected chi connectivity index (χ0v) is 11.6. The molecule has 0 saturated heterocycles. The highest BCUT2D eigenvalue weighted by Crippen LogP contribution is 2.12. The van der Waals surface area contributed by atoms with Gasteiger partial charge in [-0.15, -0.1) is 0 Å². The van der Waals surface area contributed by atoms with Crippen molar-refractivity contribution < 1.29 is 9.47 Å². The Morgan fingerprint density at radius 2 is 1.95 bits per heavy atom. The quantitative estimate of drug-likeness (QED) is 0.446. The SMILES string of the molecule is CCCC(COC)Nc1nc(NN)nc(OCC)n1. The van der Waals surface area contributed by atoms with Crippen molar-refractivity contribution in [2.45, 2.75) is 32.7 Å². The molecule has 1 heterocycles. The average molecular weight is 270 g/mol. The third kappa shape index (κ3) is 5.23. The van der Waals surface area contributed by atoms with E-state index in [1.807, 2.05) is 6.92 Å². The van der Waals surface area contributed by atoms with Gasteiger partial charge in [-0.2, -0.15) is 15.0 Å². The van der Waals surface area contributed by atoms with Crippen LogP contribution in [0.1, 0.15) is 26.7 Å². The van der Waals surface area contributed by atoms with Crippen LogP contribution in [0.15, 0.2) is 0 Å². The van der Waals surface area contributed by atoms with Gasteiger partial charge in [0.05, 0.1) is 19.3 Å². The van der Waals surface area contributed by atoms with Crippen molar-refractivity contribution in [2.24, 2.45) is 5.84 Å². The molecule has 1 aromatic heterocycles. The van der Waals surface area contributed by atoms with Gasteiger partial charge in [-0.05, 0) is 13.3 Å². The molecular weight excluding hydrogens is 248 g/mol. The third-order valence-corrected chi connectivity index (χ3v) is 2.36. The van der Waals surface area contributed by atoms with Gasteiger partial charge in [-0.1, -0.05) is 13.3 Å². The van der Waals surface area contributed by atoms with Crippen molar-refractivity contribution in [1.82, 2.24) is 15.0 Å². The summed E-state index contributed by atoms with van der Waals surface area (Å²) in [5.74, 6) is 6.00. The highest BCUT2D eigenvalue weighted by molar-refractivity contribution is 5.35. The molecule has 0 radical (unpaired) electrons. The lowest BCUT2D eigenvalue weighted by Crippen LogP contribution is -2.26. The second kappa shape index (κ2) is 8.44. The van der Waals surface area contributed by atoms with E-state index in [-0.39, 0.29) is 18.0 Å². The van der Waals surface area contributed by atoms with Crippen LogP contribution in [0.3, 0.4) is 0 Å². The van der Waals surface area contributed by atoms with Crippen LogP contribution in [-0.4, -0.2) is 41.3 Å². The molecule has 0 amide bonds. The van der Waals surface area contributed by atoms with Crippen molar-refractivity contribution in [3.8, 4) is 6.01 Å². The summed E-state index contributed by atoms with van der Waals surface area (Å²) in [4.78, 5) is 12.3. The van der Waals surface area contributed by atoms with Crippen LogP contribution in [0.4, 0.5) is 11.9 Å². The monoisotopic (exact) mass is 270 g/mol. The first-order valence-electron chi connectivity index (χ1n) is 6.34. The number of hydrogen-bond donors (Lipinski definition) is 3. The molecule has 0 saturated carbocycles. The standard InChI is InChI=1S/C11H22N6O2/c1-4-6-8(7-18-3)13-9-14-10(17-12)16-11(15-9)19-5-2/h8H,4-7,12H2,1-3H3,(H2,13,14,15,16,17). The van der Waals surface area contributed by atoms with Gasteiger partial charge in [0.25, 0.3) is 0 Å². The number of aromatic nitrogens is 3. The van der Waals surface area contributed by atoms with Gasteiger partial charge in [-0.25, -0.2) is 5.84 Å². The van der Waals surface area contributed by atoms with Crippen LogP contribution in [0, 0.1) is 0 Å². The Labute approximate surface area is 113 Å². The van der Waals surface area contributed by atoms with Gasteiger partial charge < -0.3 is 14.8 Å². The van der Waals surface area contributed by atoms with Gasteiger partial charge in [0.1, 0.15) is 0 Å². The molecule has 0 aromatic carbocycles. The van der Waals surface area contributed by atoms with Gasteiger partial charge >= 0.3 is 6.01 Å². The summed E-state index contributed by atoms with van der Waals surface area (Å²) in [6.45, 7) is 5.02. The summed E-state index contributed by atoms with van der Waals surface area (Å²) < 4.78 is 10.4. The molecule has 0 bridgehead atoms. The molecule has 0 aliphatic heterocycles. The number of nitrogen functional groups attached to an aromatic ring is 1.